The molecule has 0 radical (unpaired) electrons. The Labute approximate surface area is 87.5 Å². The molecule has 0 saturated carbocycles. The molecule has 0 bridgehead atoms. The highest BCUT2D eigenvalue weighted by Gasteiger charge is 2.11. The van der Waals surface area contributed by atoms with Crippen LogP contribution >= 0.6 is 11.8 Å². The summed E-state index contributed by atoms with van der Waals surface area (Å²) in [6, 6.07) is 8.05. The van der Waals surface area contributed by atoms with Gasteiger partial charge >= 0.3 is 0 Å². The van der Waals surface area contributed by atoms with E-state index in [0.717, 1.165) is 22.3 Å². The average Bonchev–Trinajstić information content (AvgIpc) is 2.61. The molecule has 0 aliphatic rings. The van der Waals surface area contributed by atoms with E-state index in [1.54, 1.807) is 18.0 Å². The fourth-order valence-corrected chi connectivity index (χ4v) is 2.09. The van der Waals surface area contributed by atoms with Crippen molar-refractivity contribution in [3.05, 3.63) is 36.1 Å². The minimum atomic E-state index is 0.0636. The predicted molar refractivity (Wildman–Crippen MR) is 61.5 cm³/mol. The highest BCUT2D eigenvalue weighted by Crippen LogP contribution is 2.26. The maximum absolute atomic E-state index is 6.04. The topological polar surface area (TPSA) is 39.2 Å². The van der Waals surface area contributed by atoms with E-state index in [0.29, 0.717) is 0 Å². The van der Waals surface area contributed by atoms with E-state index < -0.39 is 0 Å². The first-order valence-electron chi connectivity index (χ1n) is 4.53. The van der Waals surface area contributed by atoms with Gasteiger partial charge in [-0.25, -0.2) is 0 Å². The Hall–Kier alpha value is -0.930. The zero-order valence-electron chi connectivity index (χ0n) is 8.07. The second-order valence-corrected chi connectivity index (χ2v) is 4.16. The summed E-state index contributed by atoms with van der Waals surface area (Å²) in [6.07, 6.45) is 3.83. The van der Waals surface area contributed by atoms with E-state index in [-0.39, 0.29) is 6.04 Å². The molecule has 0 saturated heterocycles. The Kier molecular flexibility index (Phi) is 2.79. The van der Waals surface area contributed by atoms with Crippen molar-refractivity contribution in [1.82, 2.24) is 0 Å². The van der Waals surface area contributed by atoms with Gasteiger partial charge in [-0.05, 0) is 12.3 Å². The van der Waals surface area contributed by atoms with Crippen molar-refractivity contribution in [3.8, 4) is 0 Å². The van der Waals surface area contributed by atoms with Crippen molar-refractivity contribution in [2.75, 3.05) is 12.0 Å². The molecule has 1 heterocycles. The first kappa shape index (κ1) is 9.62. The van der Waals surface area contributed by atoms with E-state index in [2.05, 4.69) is 6.26 Å². The van der Waals surface area contributed by atoms with Gasteiger partial charge in [0.2, 0.25) is 0 Å². The molecule has 2 aromatic rings. The van der Waals surface area contributed by atoms with Crippen molar-refractivity contribution in [1.29, 1.82) is 0 Å². The SMILES string of the molecule is CSCC(N)c1coc2ccccc12. The van der Waals surface area contributed by atoms with Crippen LogP contribution < -0.4 is 5.73 Å². The summed E-state index contributed by atoms with van der Waals surface area (Å²) < 4.78 is 5.43. The molecule has 1 aromatic carbocycles. The summed E-state index contributed by atoms with van der Waals surface area (Å²) >= 11 is 1.75. The Bertz CT molecular complexity index is 424. The van der Waals surface area contributed by atoms with Crippen molar-refractivity contribution >= 4 is 22.7 Å². The lowest BCUT2D eigenvalue weighted by Gasteiger charge is -2.06. The van der Waals surface area contributed by atoms with Gasteiger partial charge in [-0.3, -0.25) is 0 Å². The van der Waals surface area contributed by atoms with Gasteiger partial charge in [-0.2, -0.15) is 11.8 Å². The molecule has 2 N–H and O–H groups in total. The lowest BCUT2D eigenvalue weighted by Crippen LogP contribution is -2.11. The Morgan fingerprint density at radius 1 is 1.43 bits per heavy atom. The maximum Gasteiger partial charge on any atom is 0.134 e. The fourth-order valence-electron chi connectivity index (χ4n) is 1.55. The summed E-state index contributed by atoms with van der Waals surface area (Å²) in [5.41, 5.74) is 8.06. The molecule has 2 rings (SSSR count). The first-order valence-corrected chi connectivity index (χ1v) is 5.93. The molecule has 1 unspecified atom stereocenters. The molecule has 0 fully saturated rings. The molecule has 3 heteroatoms. The smallest absolute Gasteiger partial charge is 0.134 e. The summed E-state index contributed by atoms with van der Waals surface area (Å²) in [6.45, 7) is 0. The monoisotopic (exact) mass is 207 g/mol. The van der Waals surface area contributed by atoms with Crippen molar-refractivity contribution < 1.29 is 4.42 Å². The van der Waals surface area contributed by atoms with Gasteiger partial charge in [-0.1, -0.05) is 18.2 Å². The van der Waals surface area contributed by atoms with Crippen LogP contribution in [-0.2, 0) is 0 Å². The average molecular weight is 207 g/mol. The van der Waals surface area contributed by atoms with Crippen LogP contribution in [0.3, 0.4) is 0 Å². The Morgan fingerprint density at radius 3 is 3.00 bits per heavy atom. The van der Waals surface area contributed by atoms with E-state index in [9.17, 15) is 0 Å². The van der Waals surface area contributed by atoms with Crippen molar-refractivity contribution in [2.45, 2.75) is 6.04 Å². The number of fused-ring (bicyclic) bond motifs is 1. The summed E-state index contributed by atoms with van der Waals surface area (Å²) in [5, 5.41) is 1.13. The minimum absolute atomic E-state index is 0.0636. The molecule has 14 heavy (non-hydrogen) atoms. The van der Waals surface area contributed by atoms with Gasteiger partial charge in [0.1, 0.15) is 5.58 Å². The van der Waals surface area contributed by atoms with Gasteiger partial charge in [-0.15, -0.1) is 0 Å². The second kappa shape index (κ2) is 4.07. The van der Waals surface area contributed by atoms with E-state index >= 15 is 0 Å². The number of para-hydroxylation sites is 1. The number of hydrogen-bond acceptors (Lipinski definition) is 3. The zero-order chi connectivity index (χ0) is 9.97. The first-order chi connectivity index (χ1) is 6.83. The number of rotatable bonds is 3. The van der Waals surface area contributed by atoms with Gasteiger partial charge in [0, 0.05) is 22.7 Å². The minimum Gasteiger partial charge on any atom is -0.464 e. The predicted octanol–water partition coefficient (Wildman–Crippen LogP) is 2.80. The Balaban J connectivity index is 2.42. The molecular formula is C11H13NOS. The highest BCUT2D eigenvalue weighted by molar-refractivity contribution is 7.98. The number of nitrogens with two attached hydrogens (primary N) is 1. The number of furan rings is 1. The molecular weight excluding hydrogens is 194 g/mol. The third-order valence-corrected chi connectivity index (χ3v) is 2.95. The number of hydrogen-bond donors (Lipinski definition) is 1. The van der Waals surface area contributed by atoms with Gasteiger partial charge in [0.15, 0.2) is 0 Å². The van der Waals surface area contributed by atoms with E-state index in [1.165, 1.54) is 0 Å². The van der Waals surface area contributed by atoms with Crippen LogP contribution in [0.2, 0.25) is 0 Å². The molecule has 74 valence electrons. The molecule has 1 atom stereocenters. The van der Waals surface area contributed by atoms with E-state index in [4.69, 9.17) is 10.2 Å². The molecule has 0 aliphatic carbocycles. The second-order valence-electron chi connectivity index (χ2n) is 3.25. The van der Waals surface area contributed by atoms with Crippen LogP contribution in [0.25, 0.3) is 11.0 Å². The third kappa shape index (κ3) is 1.65. The van der Waals surface area contributed by atoms with Crippen LogP contribution in [0, 0.1) is 0 Å². The molecule has 0 aliphatic heterocycles. The van der Waals surface area contributed by atoms with Crippen LogP contribution in [0.4, 0.5) is 0 Å². The largest absolute Gasteiger partial charge is 0.464 e. The van der Waals surface area contributed by atoms with Crippen molar-refractivity contribution in [2.24, 2.45) is 5.73 Å². The molecule has 0 amide bonds. The number of thioether (sulfide) groups is 1. The van der Waals surface area contributed by atoms with Crippen LogP contribution in [0.15, 0.2) is 34.9 Å². The normalized spacial score (nSPS) is 13.3. The summed E-state index contributed by atoms with van der Waals surface area (Å²) in [5.74, 6) is 0.920. The molecule has 0 spiro atoms. The summed E-state index contributed by atoms with van der Waals surface area (Å²) in [4.78, 5) is 0. The molecule has 1 aromatic heterocycles. The van der Waals surface area contributed by atoms with Gasteiger partial charge in [0.25, 0.3) is 0 Å². The lowest BCUT2D eigenvalue weighted by atomic mass is 10.1. The standard InChI is InChI=1S/C11H13NOS/c1-14-7-10(12)9-6-13-11-5-3-2-4-8(9)11/h2-6,10H,7,12H2,1H3. The van der Waals surface area contributed by atoms with E-state index in [1.807, 2.05) is 24.3 Å². The number of benzene rings is 1. The van der Waals surface area contributed by atoms with Gasteiger partial charge < -0.3 is 10.2 Å². The quantitative estimate of drug-likeness (QED) is 0.841. The van der Waals surface area contributed by atoms with Crippen LogP contribution in [0.1, 0.15) is 11.6 Å². The fraction of sp³-hybridized carbons (Fsp3) is 0.273. The Morgan fingerprint density at radius 2 is 2.21 bits per heavy atom. The van der Waals surface area contributed by atoms with Crippen molar-refractivity contribution in [3.63, 3.8) is 0 Å². The zero-order valence-corrected chi connectivity index (χ0v) is 8.88. The van der Waals surface area contributed by atoms with Crippen LogP contribution in [0.5, 0.6) is 0 Å². The summed E-state index contributed by atoms with van der Waals surface area (Å²) in [7, 11) is 0. The third-order valence-electron chi connectivity index (χ3n) is 2.26. The van der Waals surface area contributed by atoms with Gasteiger partial charge in [0.05, 0.1) is 6.26 Å². The molecule has 2 nitrogen and oxygen atoms in total. The maximum atomic E-state index is 6.04. The highest BCUT2D eigenvalue weighted by atomic mass is 32.2. The lowest BCUT2D eigenvalue weighted by molar-refractivity contribution is 0.605. The van der Waals surface area contributed by atoms with Crippen LogP contribution in [-0.4, -0.2) is 12.0 Å².